The quantitative estimate of drug-likeness (QED) is 0.350. The highest BCUT2D eigenvalue weighted by atomic mass is 32.2. The number of furan rings is 1. The highest BCUT2D eigenvalue weighted by Gasteiger charge is 2.27. The predicted octanol–water partition coefficient (Wildman–Crippen LogP) is 4.92. The number of thiazole rings is 1. The molecule has 2 aromatic carbocycles. The first-order chi connectivity index (χ1) is 17.0. The van der Waals surface area contributed by atoms with Crippen LogP contribution >= 0.6 is 11.3 Å². The maximum absolute atomic E-state index is 13.6. The largest absolute Gasteiger partial charge is 0.497 e. The van der Waals surface area contributed by atoms with Crippen LogP contribution in [-0.2, 0) is 16.6 Å². The van der Waals surface area contributed by atoms with E-state index >= 15 is 0 Å². The first kappa shape index (κ1) is 23.5. The summed E-state index contributed by atoms with van der Waals surface area (Å²) >= 11 is 1.38. The average molecular weight is 512 g/mol. The van der Waals surface area contributed by atoms with Crippen molar-refractivity contribution in [3.63, 3.8) is 0 Å². The normalized spacial score (nSPS) is 14.8. The molecule has 0 bridgehead atoms. The van der Waals surface area contributed by atoms with Gasteiger partial charge >= 0.3 is 0 Å². The Hall–Kier alpha value is -3.21. The number of benzene rings is 2. The lowest BCUT2D eigenvalue weighted by molar-refractivity contribution is 0.0983. The highest BCUT2D eigenvalue weighted by molar-refractivity contribution is 7.89. The summed E-state index contributed by atoms with van der Waals surface area (Å²) < 4.78 is 39.2. The summed E-state index contributed by atoms with van der Waals surface area (Å²) in [6.07, 6.45) is 4.34. The third-order valence-corrected chi connectivity index (χ3v) is 8.96. The average Bonchev–Trinajstić information content (AvgIpc) is 3.56. The zero-order valence-corrected chi connectivity index (χ0v) is 20.8. The van der Waals surface area contributed by atoms with Gasteiger partial charge in [-0.1, -0.05) is 17.8 Å². The Morgan fingerprint density at radius 1 is 1.11 bits per heavy atom. The van der Waals surface area contributed by atoms with Gasteiger partial charge in [-0.3, -0.25) is 9.69 Å². The summed E-state index contributed by atoms with van der Waals surface area (Å²) in [4.78, 5) is 20.0. The lowest BCUT2D eigenvalue weighted by atomic mass is 10.2. The first-order valence-corrected chi connectivity index (χ1v) is 13.6. The second-order valence-corrected chi connectivity index (χ2v) is 11.2. The molecule has 1 amide bonds. The maximum atomic E-state index is 13.6. The van der Waals surface area contributed by atoms with Crippen LogP contribution in [0.15, 0.2) is 70.2 Å². The molecule has 0 aliphatic carbocycles. The number of anilines is 1. The van der Waals surface area contributed by atoms with E-state index in [4.69, 9.17) is 9.15 Å². The molecular weight excluding hydrogens is 486 g/mol. The lowest BCUT2D eigenvalue weighted by Crippen LogP contribution is -2.35. The van der Waals surface area contributed by atoms with E-state index in [1.807, 2.05) is 18.2 Å². The van der Waals surface area contributed by atoms with Gasteiger partial charge in [-0.2, -0.15) is 4.31 Å². The van der Waals surface area contributed by atoms with Crippen LogP contribution in [0, 0.1) is 0 Å². The maximum Gasteiger partial charge on any atom is 0.260 e. The number of nitrogens with zero attached hydrogens (tertiary/aromatic N) is 3. The van der Waals surface area contributed by atoms with Gasteiger partial charge in [0.05, 0.1) is 35.0 Å². The molecule has 0 spiro atoms. The number of carbonyl (C=O) groups is 1. The Morgan fingerprint density at radius 3 is 2.57 bits per heavy atom. The number of piperidine rings is 1. The molecule has 1 saturated heterocycles. The van der Waals surface area contributed by atoms with Gasteiger partial charge in [-0.05, 0) is 67.4 Å². The van der Waals surface area contributed by atoms with E-state index in [0.717, 1.165) is 29.5 Å². The van der Waals surface area contributed by atoms with E-state index in [2.05, 4.69) is 4.98 Å². The second kappa shape index (κ2) is 9.80. The van der Waals surface area contributed by atoms with Crippen molar-refractivity contribution in [2.45, 2.75) is 30.7 Å². The van der Waals surface area contributed by atoms with Crippen molar-refractivity contribution < 1.29 is 22.4 Å². The molecule has 10 heteroatoms. The zero-order valence-electron chi connectivity index (χ0n) is 19.2. The molecule has 4 aromatic rings. The SMILES string of the molecule is COc1ccc2nc(N(Cc3ccco3)C(=O)c3ccc(S(=O)(=O)N4CCCCC4)cc3)sc2c1. The Labute approximate surface area is 207 Å². The van der Waals surface area contributed by atoms with Gasteiger partial charge < -0.3 is 9.15 Å². The van der Waals surface area contributed by atoms with Gasteiger partial charge in [0.1, 0.15) is 11.5 Å². The second-order valence-electron chi connectivity index (χ2n) is 8.29. The zero-order chi connectivity index (χ0) is 24.4. The Kier molecular flexibility index (Phi) is 6.59. The number of methoxy groups -OCH3 is 1. The monoisotopic (exact) mass is 511 g/mol. The number of hydrogen-bond acceptors (Lipinski definition) is 7. The van der Waals surface area contributed by atoms with Gasteiger partial charge in [0.25, 0.3) is 5.91 Å². The molecule has 0 saturated carbocycles. The molecule has 5 rings (SSSR count). The standard InChI is InChI=1S/C25H25N3O5S2/c1-32-19-9-12-22-23(16-19)34-25(26-22)28(17-20-6-5-15-33-20)24(29)18-7-10-21(11-8-18)35(30,31)27-13-3-2-4-14-27/h5-12,15-16H,2-4,13-14,17H2,1H3. The smallest absolute Gasteiger partial charge is 0.260 e. The third kappa shape index (κ3) is 4.82. The molecule has 182 valence electrons. The Balaban J connectivity index is 1.46. The molecule has 2 aromatic heterocycles. The van der Waals surface area contributed by atoms with E-state index in [1.165, 1.54) is 27.8 Å². The van der Waals surface area contributed by atoms with E-state index in [9.17, 15) is 13.2 Å². The van der Waals surface area contributed by atoms with Gasteiger partial charge in [0.15, 0.2) is 5.13 Å². The molecule has 35 heavy (non-hydrogen) atoms. The molecule has 1 fully saturated rings. The molecule has 0 radical (unpaired) electrons. The van der Waals surface area contributed by atoms with Crippen LogP contribution in [0.3, 0.4) is 0 Å². The highest BCUT2D eigenvalue weighted by Crippen LogP contribution is 2.33. The molecule has 0 N–H and O–H groups in total. The van der Waals surface area contributed by atoms with Crippen molar-refractivity contribution in [1.29, 1.82) is 0 Å². The fourth-order valence-corrected chi connectivity index (χ4v) is 6.61. The molecule has 0 atom stereocenters. The number of hydrogen-bond donors (Lipinski definition) is 0. The minimum absolute atomic E-state index is 0.191. The fourth-order valence-electron chi connectivity index (χ4n) is 4.10. The van der Waals surface area contributed by atoms with Crippen molar-refractivity contribution in [2.24, 2.45) is 0 Å². The molecule has 1 aliphatic heterocycles. The van der Waals surface area contributed by atoms with E-state index in [-0.39, 0.29) is 17.3 Å². The summed E-state index contributed by atoms with van der Waals surface area (Å²) in [6.45, 7) is 1.25. The van der Waals surface area contributed by atoms with Crippen molar-refractivity contribution in [3.05, 3.63) is 72.2 Å². The topological polar surface area (TPSA) is 93.0 Å². The Morgan fingerprint density at radius 2 is 1.89 bits per heavy atom. The summed E-state index contributed by atoms with van der Waals surface area (Å²) in [5.41, 5.74) is 1.12. The molecule has 3 heterocycles. The first-order valence-electron chi connectivity index (χ1n) is 11.3. The number of ether oxygens (including phenoxy) is 1. The summed E-state index contributed by atoms with van der Waals surface area (Å²) in [5.74, 6) is 1.02. The van der Waals surface area contributed by atoms with Gasteiger partial charge in [0.2, 0.25) is 10.0 Å². The number of fused-ring (bicyclic) bond motifs is 1. The van der Waals surface area contributed by atoms with Crippen molar-refractivity contribution in [1.82, 2.24) is 9.29 Å². The van der Waals surface area contributed by atoms with E-state index in [0.29, 0.717) is 35.3 Å². The number of rotatable bonds is 7. The minimum Gasteiger partial charge on any atom is -0.497 e. The number of sulfonamides is 1. The van der Waals surface area contributed by atoms with Gasteiger partial charge in [-0.15, -0.1) is 0 Å². The van der Waals surface area contributed by atoms with Crippen molar-refractivity contribution in [2.75, 3.05) is 25.1 Å². The van der Waals surface area contributed by atoms with Crippen LogP contribution in [0.4, 0.5) is 5.13 Å². The van der Waals surface area contributed by atoms with E-state index in [1.54, 1.807) is 42.5 Å². The van der Waals surface area contributed by atoms with Crippen LogP contribution in [-0.4, -0.2) is 43.8 Å². The van der Waals surface area contributed by atoms with Crippen LogP contribution in [0.1, 0.15) is 35.4 Å². The number of amides is 1. The van der Waals surface area contributed by atoms with Crippen LogP contribution < -0.4 is 9.64 Å². The lowest BCUT2D eigenvalue weighted by Gasteiger charge is -2.26. The summed E-state index contributed by atoms with van der Waals surface area (Å²) in [6, 6.07) is 15.3. The van der Waals surface area contributed by atoms with Crippen LogP contribution in [0.2, 0.25) is 0 Å². The predicted molar refractivity (Wildman–Crippen MR) is 134 cm³/mol. The van der Waals surface area contributed by atoms with Gasteiger partial charge in [0, 0.05) is 18.7 Å². The summed E-state index contributed by atoms with van der Waals surface area (Å²) in [5, 5.41) is 0.514. The molecule has 0 unspecified atom stereocenters. The van der Waals surface area contributed by atoms with Gasteiger partial charge in [-0.25, -0.2) is 13.4 Å². The minimum atomic E-state index is -3.57. The summed E-state index contributed by atoms with van der Waals surface area (Å²) in [7, 11) is -1.97. The molecule has 8 nitrogen and oxygen atoms in total. The van der Waals surface area contributed by atoms with E-state index < -0.39 is 10.0 Å². The fraction of sp³-hybridized carbons (Fsp3) is 0.280. The number of aromatic nitrogens is 1. The van der Waals surface area contributed by atoms with Crippen LogP contribution in [0.5, 0.6) is 5.75 Å². The number of carbonyl (C=O) groups excluding carboxylic acids is 1. The van der Waals surface area contributed by atoms with Crippen molar-refractivity contribution in [3.8, 4) is 5.75 Å². The third-order valence-electron chi connectivity index (χ3n) is 6.01. The van der Waals surface area contributed by atoms with Crippen molar-refractivity contribution >= 4 is 42.6 Å². The Bertz CT molecular complexity index is 1420. The van der Waals surface area contributed by atoms with Crippen LogP contribution in [0.25, 0.3) is 10.2 Å². The molecule has 1 aliphatic rings. The molecular formula is C25H25N3O5S2.